The van der Waals surface area contributed by atoms with Gasteiger partial charge in [0.1, 0.15) is 50.4 Å². The van der Waals surface area contributed by atoms with Gasteiger partial charge in [0.05, 0.1) is 0 Å². The summed E-state index contributed by atoms with van der Waals surface area (Å²) in [6.07, 6.45) is 0. The van der Waals surface area contributed by atoms with E-state index in [0.29, 0.717) is 16.5 Å². The second-order valence-corrected chi connectivity index (χ2v) is 12.7. The van der Waals surface area contributed by atoms with E-state index in [9.17, 15) is 0 Å². The molecule has 0 amide bonds. The van der Waals surface area contributed by atoms with Crippen molar-refractivity contribution < 1.29 is 4.42 Å². The fourth-order valence-corrected chi connectivity index (χ4v) is 7.57. The molecule has 220 valence electrons. The van der Waals surface area contributed by atoms with Crippen LogP contribution < -0.4 is 27.3 Å². The zero-order valence-electron chi connectivity index (χ0n) is 27.1. The van der Waals surface area contributed by atoms with Crippen molar-refractivity contribution in [3.05, 3.63) is 140 Å². The van der Waals surface area contributed by atoms with Crippen molar-refractivity contribution >= 4 is 110 Å². The van der Waals surface area contributed by atoms with Crippen LogP contribution in [0.4, 0.5) is 0 Å². The van der Waals surface area contributed by atoms with E-state index in [1.165, 1.54) is 0 Å². The number of benzene rings is 8. The van der Waals surface area contributed by atoms with Crippen LogP contribution in [0.15, 0.2) is 144 Å². The van der Waals surface area contributed by atoms with Gasteiger partial charge < -0.3 is 4.42 Å². The Morgan fingerprint density at radius 2 is 0.880 bits per heavy atom. The summed E-state index contributed by atoms with van der Waals surface area (Å²) >= 11 is 0. The number of hydrogen-bond acceptors (Lipinski definition) is 1. The Balaban J connectivity index is 1.46. The molecule has 0 saturated carbocycles. The van der Waals surface area contributed by atoms with Gasteiger partial charge in [0.2, 0.25) is 0 Å². The van der Waals surface area contributed by atoms with Crippen LogP contribution >= 0.6 is 0 Å². The normalized spacial score (nSPS) is 11.6. The molecule has 8 aromatic carbocycles. The lowest BCUT2D eigenvalue weighted by Crippen LogP contribution is -2.55. The van der Waals surface area contributed by atoms with Crippen LogP contribution in [0, 0.1) is 0 Å². The van der Waals surface area contributed by atoms with Gasteiger partial charge in [-0.05, 0) is 72.6 Å². The van der Waals surface area contributed by atoms with E-state index in [1.807, 2.05) is 36.4 Å². The molecule has 0 atom stereocenters. The van der Waals surface area contributed by atoms with Crippen molar-refractivity contribution in [2.24, 2.45) is 0 Å². The Kier molecular flexibility index (Phi) is 7.18. The predicted molar refractivity (Wildman–Crippen MR) is 217 cm³/mol. The molecule has 1 nitrogen and oxygen atoms in total. The van der Waals surface area contributed by atoms with Crippen molar-refractivity contribution in [2.45, 2.75) is 0 Å². The third kappa shape index (κ3) is 4.55. The van der Waals surface area contributed by atoms with Crippen LogP contribution in [-0.2, 0) is 0 Å². The minimum Gasteiger partial charge on any atom is -0.455 e. The third-order valence-electron chi connectivity index (χ3n) is 9.96. The molecule has 0 aliphatic carbocycles. The monoisotopic (exact) mass is 622 g/mol. The molecule has 9 aromatic rings. The zero-order chi connectivity index (χ0) is 34.1. The molecule has 0 unspecified atom stereocenters. The molecule has 0 spiro atoms. The second kappa shape index (κ2) is 11.8. The van der Waals surface area contributed by atoms with Gasteiger partial charge in [-0.15, -0.1) is 16.4 Å². The topological polar surface area (TPSA) is 13.1 Å². The molecule has 1 aromatic heterocycles. The maximum absolute atomic E-state index is 6.77. The highest BCUT2D eigenvalue weighted by molar-refractivity contribution is 6.69. The molecule has 50 heavy (non-hydrogen) atoms. The van der Waals surface area contributed by atoms with Crippen LogP contribution in [0.3, 0.4) is 0 Å². The van der Waals surface area contributed by atoms with Gasteiger partial charge in [-0.2, -0.15) is 0 Å². The summed E-state index contributed by atoms with van der Waals surface area (Å²) in [6, 6.07) is 48.2. The highest BCUT2D eigenvalue weighted by Gasteiger charge is 2.23. The van der Waals surface area contributed by atoms with Gasteiger partial charge in [0, 0.05) is 16.3 Å². The van der Waals surface area contributed by atoms with E-state index in [0.717, 1.165) is 82.4 Å². The average molecular weight is 622 g/mol. The molecule has 0 N–H and O–H groups in total. The number of para-hydroxylation sites is 1. The molecule has 0 bridgehead atoms. The van der Waals surface area contributed by atoms with E-state index < -0.39 is 0 Å². The SMILES string of the molecule is [B]c1c([B])c([B])c(-c2c3ccccc3c(-c3cccc4oc5c(-c6ccccc6)cccc5c34)c3cc(-c4ccccc4)ccc23)c([B])c1[B]. The second-order valence-electron chi connectivity index (χ2n) is 12.7. The van der Waals surface area contributed by atoms with Crippen LogP contribution in [0.5, 0.6) is 0 Å². The lowest BCUT2D eigenvalue weighted by Gasteiger charge is -2.25. The molecule has 9 rings (SSSR count). The van der Waals surface area contributed by atoms with E-state index in [4.69, 9.17) is 43.6 Å². The average Bonchev–Trinajstić information content (AvgIpc) is 3.56. The first-order valence-electron chi connectivity index (χ1n) is 16.5. The lowest BCUT2D eigenvalue weighted by atomic mass is 9.59. The van der Waals surface area contributed by atoms with Crippen LogP contribution in [0.1, 0.15) is 0 Å². The summed E-state index contributed by atoms with van der Waals surface area (Å²) < 4.78 is 6.71. The van der Waals surface area contributed by atoms with E-state index in [2.05, 4.69) is 103 Å². The van der Waals surface area contributed by atoms with Gasteiger partial charge in [-0.3, -0.25) is 0 Å². The summed E-state index contributed by atoms with van der Waals surface area (Å²) in [5, 5.41) is 6.05. The lowest BCUT2D eigenvalue weighted by molar-refractivity contribution is 0.670. The molecule has 0 fully saturated rings. The summed E-state index contributed by atoms with van der Waals surface area (Å²) in [4.78, 5) is 0. The zero-order valence-corrected chi connectivity index (χ0v) is 27.1. The molecular formula is C44H23B5O. The Morgan fingerprint density at radius 3 is 1.58 bits per heavy atom. The first kappa shape index (κ1) is 30.5. The maximum atomic E-state index is 6.77. The quantitative estimate of drug-likeness (QED) is 0.161. The summed E-state index contributed by atoms with van der Waals surface area (Å²) in [6.45, 7) is 0. The van der Waals surface area contributed by atoms with E-state index >= 15 is 0 Å². The van der Waals surface area contributed by atoms with Gasteiger partial charge in [0.25, 0.3) is 0 Å². The minimum absolute atomic E-state index is 0.189. The largest absolute Gasteiger partial charge is 0.455 e. The number of hydrogen-bond donors (Lipinski definition) is 0. The standard InChI is InChI=1S/C44H23B5O/c45-39-38(40(46)42(48)43(49)41(39)47)37-29-16-8-7-15-28(29)35(33-23-26(21-22-30(33)37)24-11-3-1-4-12-24)31-18-10-20-34-36(31)32-19-9-17-27(44(32)50-34)25-13-5-2-6-14-25/h1-23H. The maximum Gasteiger partial charge on any atom is 0.143 e. The predicted octanol–water partition coefficient (Wildman–Crippen LogP) is 6.53. The Hall–Kier alpha value is -5.60. The third-order valence-corrected chi connectivity index (χ3v) is 9.96. The Bertz CT molecular complexity index is 2780. The van der Waals surface area contributed by atoms with Crippen molar-refractivity contribution in [3.8, 4) is 44.5 Å². The van der Waals surface area contributed by atoms with Crippen LogP contribution in [-0.4, -0.2) is 39.2 Å². The molecule has 10 radical (unpaired) electrons. The first-order valence-corrected chi connectivity index (χ1v) is 16.5. The summed E-state index contributed by atoms with van der Waals surface area (Å²) in [5.74, 6) is 0. The molecule has 1 heterocycles. The van der Waals surface area contributed by atoms with Crippen LogP contribution in [0.25, 0.3) is 88.0 Å². The fourth-order valence-electron chi connectivity index (χ4n) is 7.57. The minimum atomic E-state index is 0.189. The van der Waals surface area contributed by atoms with Gasteiger partial charge >= 0.3 is 0 Å². The van der Waals surface area contributed by atoms with Crippen molar-refractivity contribution in [3.63, 3.8) is 0 Å². The molecular weight excluding hydrogens is 599 g/mol. The number of fused-ring (bicyclic) bond motifs is 5. The first-order chi connectivity index (χ1) is 24.4. The van der Waals surface area contributed by atoms with Gasteiger partial charge in [-0.1, -0.05) is 138 Å². The molecule has 6 heteroatoms. The Morgan fingerprint density at radius 1 is 0.340 bits per heavy atom. The van der Waals surface area contributed by atoms with Crippen molar-refractivity contribution in [1.29, 1.82) is 0 Å². The fraction of sp³-hybridized carbons (Fsp3) is 0. The van der Waals surface area contributed by atoms with Gasteiger partial charge in [0.15, 0.2) is 0 Å². The Labute approximate surface area is 297 Å². The van der Waals surface area contributed by atoms with Gasteiger partial charge in [-0.25, -0.2) is 0 Å². The smallest absolute Gasteiger partial charge is 0.143 e. The van der Waals surface area contributed by atoms with E-state index in [-0.39, 0.29) is 16.4 Å². The van der Waals surface area contributed by atoms with Crippen molar-refractivity contribution in [2.75, 3.05) is 0 Å². The molecule has 0 saturated heterocycles. The molecule has 0 aliphatic heterocycles. The van der Waals surface area contributed by atoms with Crippen molar-refractivity contribution in [1.82, 2.24) is 0 Å². The summed E-state index contributed by atoms with van der Waals surface area (Å²) in [7, 11) is 32.7. The highest BCUT2D eigenvalue weighted by atomic mass is 16.3. The molecule has 0 aliphatic rings. The highest BCUT2D eigenvalue weighted by Crippen LogP contribution is 2.48. The van der Waals surface area contributed by atoms with E-state index in [1.54, 1.807) is 0 Å². The number of furan rings is 1. The number of rotatable bonds is 4. The van der Waals surface area contributed by atoms with Crippen LogP contribution in [0.2, 0.25) is 0 Å². The summed E-state index contributed by atoms with van der Waals surface area (Å²) in [5.41, 5.74) is 10.8.